The molecule has 0 spiro atoms. The summed E-state index contributed by atoms with van der Waals surface area (Å²) in [5.41, 5.74) is 4.30. The lowest BCUT2D eigenvalue weighted by Gasteiger charge is -2.30. The van der Waals surface area contributed by atoms with Gasteiger partial charge < -0.3 is 0 Å². The van der Waals surface area contributed by atoms with Gasteiger partial charge in [0, 0.05) is 24.6 Å². The average molecular weight is 521 g/mol. The van der Waals surface area contributed by atoms with Gasteiger partial charge in [0.2, 0.25) is 5.13 Å². The lowest BCUT2D eigenvalue weighted by atomic mass is 9.84. The van der Waals surface area contributed by atoms with E-state index in [0.29, 0.717) is 12.0 Å². The van der Waals surface area contributed by atoms with E-state index in [2.05, 4.69) is 14.1 Å². The van der Waals surface area contributed by atoms with Crippen LogP contribution in [0.15, 0.2) is 48.8 Å². The van der Waals surface area contributed by atoms with Crippen LogP contribution >= 0.6 is 11.5 Å². The smallest absolute Gasteiger partial charge is 0.244 e. The highest BCUT2D eigenvalue weighted by Crippen LogP contribution is 2.41. The van der Waals surface area contributed by atoms with Crippen LogP contribution < -0.4 is 4.72 Å². The molecule has 1 aromatic heterocycles. The first kappa shape index (κ1) is 24.0. The number of hydrogen-bond acceptors (Lipinski definition) is 5. The van der Waals surface area contributed by atoms with Crippen molar-refractivity contribution in [3.05, 3.63) is 71.1 Å². The Balaban J connectivity index is 1.52. The van der Waals surface area contributed by atoms with E-state index in [4.69, 9.17) is 0 Å². The number of anilines is 1. The molecule has 0 unspecified atom stereocenters. The Morgan fingerprint density at radius 1 is 1.03 bits per heavy atom. The molecule has 0 saturated heterocycles. The number of benzene rings is 2. The van der Waals surface area contributed by atoms with Crippen LogP contribution in [-0.4, -0.2) is 28.6 Å². The number of aromatic nitrogens is 2. The summed E-state index contributed by atoms with van der Waals surface area (Å²) in [6.07, 6.45) is 2.93. The van der Waals surface area contributed by atoms with Gasteiger partial charge in [0.05, 0.1) is 5.56 Å². The van der Waals surface area contributed by atoms with E-state index in [-0.39, 0.29) is 18.2 Å². The van der Waals surface area contributed by atoms with E-state index in [0.717, 1.165) is 71.1 Å². The summed E-state index contributed by atoms with van der Waals surface area (Å²) >= 11 is 0.954. The fourth-order valence-corrected chi connectivity index (χ4v) is 6.53. The second-order valence-electron chi connectivity index (χ2n) is 8.61. The van der Waals surface area contributed by atoms with Gasteiger partial charge in [0.15, 0.2) is 0 Å². The van der Waals surface area contributed by atoms with Crippen molar-refractivity contribution in [3.8, 4) is 11.1 Å². The van der Waals surface area contributed by atoms with Gasteiger partial charge in [-0.05, 0) is 77.6 Å². The number of hydrogen-bond donors (Lipinski definition) is 1. The van der Waals surface area contributed by atoms with Gasteiger partial charge in [0.25, 0.3) is 0 Å². The van der Waals surface area contributed by atoms with Crippen molar-refractivity contribution in [2.45, 2.75) is 44.8 Å². The molecule has 0 bridgehead atoms. The van der Waals surface area contributed by atoms with E-state index in [1.54, 1.807) is 6.07 Å². The summed E-state index contributed by atoms with van der Waals surface area (Å²) in [5.74, 6) is 0. The molecule has 2 aliphatic rings. The molecular weight excluding hydrogens is 497 g/mol. The molecule has 0 saturated carbocycles. The maximum atomic E-state index is 13.5. The van der Waals surface area contributed by atoms with Crippen LogP contribution in [-0.2, 0) is 29.4 Å². The largest absolute Gasteiger partial charge is 0.416 e. The molecule has 0 amide bonds. The zero-order valence-corrected chi connectivity index (χ0v) is 20.3. The Kier molecular flexibility index (Phi) is 6.41. The summed E-state index contributed by atoms with van der Waals surface area (Å²) in [7, 11) is -3.82. The fraction of sp³-hybridized carbons (Fsp3) is 0.333. The molecule has 2 aromatic carbocycles. The number of halogens is 3. The first-order valence-electron chi connectivity index (χ1n) is 11.3. The lowest BCUT2D eigenvalue weighted by molar-refractivity contribution is -0.137. The first-order chi connectivity index (χ1) is 16.7. The third-order valence-corrected chi connectivity index (χ3v) is 8.57. The van der Waals surface area contributed by atoms with Crippen LogP contribution in [0.2, 0.25) is 0 Å². The van der Waals surface area contributed by atoms with Crippen molar-refractivity contribution in [2.75, 3.05) is 11.3 Å². The topological polar surface area (TPSA) is 75.2 Å². The number of nitrogens with one attached hydrogen (secondary N) is 1. The Morgan fingerprint density at radius 2 is 1.89 bits per heavy atom. The minimum atomic E-state index is -4.42. The monoisotopic (exact) mass is 520 g/mol. The molecule has 3 aromatic rings. The van der Waals surface area contributed by atoms with Crippen LogP contribution in [0.4, 0.5) is 18.3 Å². The minimum Gasteiger partial charge on any atom is -0.244 e. The van der Waals surface area contributed by atoms with Crippen LogP contribution in [0.1, 0.15) is 47.9 Å². The molecule has 1 aliphatic carbocycles. The van der Waals surface area contributed by atoms with Gasteiger partial charge >= 0.3 is 16.4 Å². The van der Waals surface area contributed by atoms with Crippen LogP contribution in [0.5, 0.6) is 0 Å². The van der Waals surface area contributed by atoms with Gasteiger partial charge in [-0.15, -0.1) is 0 Å². The maximum Gasteiger partial charge on any atom is 0.416 e. The summed E-state index contributed by atoms with van der Waals surface area (Å²) in [5, 5.41) is 0.194. The molecule has 11 heteroatoms. The van der Waals surface area contributed by atoms with Gasteiger partial charge in [-0.3, -0.25) is 0 Å². The van der Waals surface area contributed by atoms with Crippen LogP contribution in [0.3, 0.4) is 0 Å². The third-order valence-electron chi connectivity index (χ3n) is 6.42. The van der Waals surface area contributed by atoms with Crippen molar-refractivity contribution in [3.63, 3.8) is 0 Å². The van der Waals surface area contributed by atoms with Gasteiger partial charge in [-0.1, -0.05) is 30.3 Å². The fourth-order valence-electron chi connectivity index (χ4n) is 4.74. The maximum absolute atomic E-state index is 13.5. The minimum absolute atomic E-state index is 0.163. The second kappa shape index (κ2) is 9.36. The van der Waals surface area contributed by atoms with E-state index in [1.807, 2.05) is 24.3 Å². The Morgan fingerprint density at radius 3 is 2.60 bits per heavy atom. The average Bonchev–Trinajstić information content (AvgIpc) is 3.35. The normalized spacial score (nSPS) is 17.1. The zero-order valence-electron chi connectivity index (χ0n) is 18.7. The number of alkyl halides is 3. The van der Waals surface area contributed by atoms with Crippen molar-refractivity contribution >= 4 is 32.4 Å². The molecule has 1 aliphatic heterocycles. The lowest BCUT2D eigenvalue weighted by Crippen LogP contribution is -2.39. The van der Waals surface area contributed by atoms with Crippen molar-refractivity contribution in [1.82, 2.24) is 13.7 Å². The third kappa shape index (κ3) is 4.98. The predicted molar refractivity (Wildman–Crippen MR) is 130 cm³/mol. The Hall–Kier alpha value is -2.76. The van der Waals surface area contributed by atoms with Gasteiger partial charge in [0.1, 0.15) is 6.33 Å². The molecule has 0 atom stereocenters. The molecule has 5 rings (SSSR count). The Bertz CT molecular complexity index is 1370. The molecule has 0 fully saturated rings. The SMILES string of the molecule is O=S(=O)(Nc1ncns1)N1CCc2c(cccc2-c2ccc(C(F)(F)F)cc2C2=CCCCC2)C1. The van der Waals surface area contributed by atoms with Gasteiger partial charge in [-0.2, -0.15) is 30.3 Å². The van der Waals surface area contributed by atoms with E-state index in [9.17, 15) is 21.6 Å². The molecular formula is C24H23F3N4O2S2. The molecule has 35 heavy (non-hydrogen) atoms. The number of rotatable bonds is 5. The molecule has 6 nitrogen and oxygen atoms in total. The van der Waals surface area contributed by atoms with E-state index < -0.39 is 21.9 Å². The van der Waals surface area contributed by atoms with E-state index in [1.165, 1.54) is 16.7 Å². The van der Waals surface area contributed by atoms with Crippen molar-refractivity contribution in [2.24, 2.45) is 0 Å². The summed E-state index contributed by atoms with van der Waals surface area (Å²) in [6.45, 7) is 0.410. The zero-order chi connectivity index (χ0) is 24.6. The van der Waals surface area contributed by atoms with Gasteiger partial charge in [-0.25, -0.2) is 9.71 Å². The molecule has 0 radical (unpaired) electrons. The highest BCUT2D eigenvalue weighted by atomic mass is 32.2. The molecule has 2 heterocycles. The standard InChI is InChI=1S/C24H23F3N4O2S2/c25-24(26,27)18-9-10-21(22(13-18)16-5-2-1-3-6-16)20-8-4-7-17-14-31(12-11-19(17)20)35(32,33)30-23-28-15-29-34-23/h4-5,7-10,13,15H,1-3,6,11-12,14H2,(H,28,29,30). The number of nitrogens with zero attached hydrogens (tertiary/aromatic N) is 3. The first-order valence-corrected chi connectivity index (χ1v) is 13.5. The second-order valence-corrected chi connectivity index (χ2v) is 11.1. The number of fused-ring (bicyclic) bond motifs is 1. The van der Waals surface area contributed by atoms with Crippen molar-refractivity contribution < 1.29 is 21.6 Å². The van der Waals surface area contributed by atoms with Crippen molar-refractivity contribution in [1.29, 1.82) is 0 Å². The summed E-state index contributed by atoms with van der Waals surface area (Å²) < 4.78 is 73.9. The summed E-state index contributed by atoms with van der Waals surface area (Å²) in [4.78, 5) is 3.88. The van der Waals surface area contributed by atoms with E-state index >= 15 is 0 Å². The summed E-state index contributed by atoms with van der Waals surface area (Å²) in [6, 6.07) is 9.57. The quantitative estimate of drug-likeness (QED) is 0.455. The molecule has 184 valence electrons. The predicted octanol–water partition coefficient (Wildman–Crippen LogP) is 5.90. The van der Waals surface area contributed by atoms with Crippen LogP contribution in [0.25, 0.3) is 16.7 Å². The number of allylic oxidation sites excluding steroid dienone is 2. The highest BCUT2D eigenvalue weighted by molar-refractivity contribution is 7.90. The van der Waals surface area contributed by atoms with Crippen LogP contribution in [0, 0.1) is 0 Å². The molecule has 1 N–H and O–H groups in total. The highest BCUT2D eigenvalue weighted by Gasteiger charge is 2.33. The Labute approximate surface area is 205 Å².